The fourth-order valence-corrected chi connectivity index (χ4v) is 2.63. The van der Waals surface area contributed by atoms with Crippen molar-refractivity contribution in [2.75, 3.05) is 17.2 Å². The van der Waals surface area contributed by atoms with E-state index < -0.39 is 0 Å². The Balaban J connectivity index is 1.81. The summed E-state index contributed by atoms with van der Waals surface area (Å²) < 4.78 is 5.66. The number of anilines is 2. The zero-order valence-corrected chi connectivity index (χ0v) is 16.0. The average molecular weight is 357 g/mol. The van der Waals surface area contributed by atoms with Crippen molar-refractivity contribution in [1.82, 2.24) is 0 Å². The van der Waals surface area contributed by atoms with Crippen LogP contribution < -0.4 is 15.4 Å². The van der Waals surface area contributed by atoms with Crippen LogP contribution in [0.15, 0.2) is 48.5 Å². The van der Waals surface area contributed by atoms with Crippen LogP contribution in [0.2, 0.25) is 0 Å². The lowest BCUT2D eigenvalue weighted by molar-refractivity contribution is 0.309. The summed E-state index contributed by atoms with van der Waals surface area (Å²) in [7, 11) is 0. The fraction of sp³-hybridized carbons (Fsp3) is 0.381. The van der Waals surface area contributed by atoms with E-state index in [1.807, 2.05) is 24.3 Å². The van der Waals surface area contributed by atoms with Gasteiger partial charge in [-0.1, -0.05) is 38.8 Å². The highest BCUT2D eigenvalue weighted by atomic mass is 32.1. The van der Waals surface area contributed by atoms with Gasteiger partial charge in [0.2, 0.25) is 0 Å². The lowest BCUT2D eigenvalue weighted by Gasteiger charge is -2.12. The van der Waals surface area contributed by atoms with Gasteiger partial charge in [-0.25, -0.2) is 0 Å². The molecule has 2 N–H and O–H groups in total. The van der Waals surface area contributed by atoms with Gasteiger partial charge >= 0.3 is 0 Å². The van der Waals surface area contributed by atoms with Gasteiger partial charge in [0.1, 0.15) is 5.75 Å². The highest BCUT2D eigenvalue weighted by Crippen LogP contribution is 2.17. The number of hydrogen-bond donors (Lipinski definition) is 2. The number of ether oxygens (including phenoxy) is 1. The molecule has 4 heteroatoms. The first kappa shape index (κ1) is 19.3. The van der Waals surface area contributed by atoms with E-state index in [9.17, 15) is 0 Å². The van der Waals surface area contributed by atoms with Gasteiger partial charge in [0.25, 0.3) is 0 Å². The van der Waals surface area contributed by atoms with Gasteiger partial charge < -0.3 is 15.4 Å². The lowest BCUT2D eigenvalue weighted by Crippen LogP contribution is -2.18. The summed E-state index contributed by atoms with van der Waals surface area (Å²) in [5.74, 6) is 0.889. The maximum Gasteiger partial charge on any atom is 0.175 e. The minimum absolute atomic E-state index is 0.584. The highest BCUT2D eigenvalue weighted by Gasteiger charge is 2.01. The van der Waals surface area contributed by atoms with Crippen LogP contribution in [0.3, 0.4) is 0 Å². The van der Waals surface area contributed by atoms with Crippen molar-refractivity contribution in [3.63, 3.8) is 0 Å². The van der Waals surface area contributed by atoms with Crippen molar-refractivity contribution in [3.05, 3.63) is 54.1 Å². The predicted octanol–water partition coefficient (Wildman–Crippen LogP) is 6.02. The summed E-state index contributed by atoms with van der Waals surface area (Å²) in [6.07, 6.45) is 5.79. The van der Waals surface area contributed by atoms with E-state index in [4.69, 9.17) is 17.0 Å². The van der Waals surface area contributed by atoms with Crippen molar-refractivity contribution < 1.29 is 4.74 Å². The Morgan fingerprint density at radius 1 is 0.840 bits per heavy atom. The van der Waals surface area contributed by atoms with E-state index in [1.165, 1.54) is 18.4 Å². The average Bonchev–Trinajstić information content (AvgIpc) is 2.63. The molecule has 25 heavy (non-hydrogen) atoms. The molecule has 2 rings (SSSR count). The minimum Gasteiger partial charge on any atom is -0.494 e. The van der Waals surface area contributed by atoms with E-state index in [-0.39, 0.29) is 0 Å². The standard InChI is InChI=1S/C21H28N2OS/c1-3-5-7-17-8-10-18(11-9-17)22-21(25)23-19-12-14-20(15-13-19)24-16-6-4-2/h8-15H,3-7,16H2,1-2H3,(H2,22,23,25). The largest absolute Gasteiger partial charge is 0.494 e. The zero-order valence-electron chi connectivity index (χ0n) is 15.2. The topological polar surface area (TPSA) is 33.3 Å². The van der Waals surface area contributed by atoms with E-state index in [2.05, 4.69) is 48.7 Å². The Bertz CT molecular complexity index is 638. The molecule has 0 atom stereocenters. The van der Waals surface area contributed by atoms with Crippen LogP contribution in [0, 0.1) is 0 Å². The molecular formula is C21H28N2OS. The van der Waals surface area contributed by atoms with Gasteiger partial charge in [-0.2, -0.15) is 0 Å². The van der Waals surface area contributed by atoms with E-state index >= 15 is 0 Å². The van der Waals surface area contributed by atoms with Gasteiger partial charge in [0.15, 0.2) is 5.11 Å². The summed E-state index contributed by atoms with van der Waals surface area (Å²) in [4.78, 5) is 0. The van der Waals surface area contributed by atoms with Crippen LogP contribution in [0.4, 0.5) is 11.4 Å². The zero-order chi connectivity index (χ0) is 17.9. The smallest absolute Gasteiger partial charge is 0.175 e. The van der Waals surface area contributed by atoms with Crippen molar-refractivity contribution in [2.45, 2.75) is 46.0 Å². The molecule has 2 aromatic carbocycles. The molecule has 0 unspecified atom stereocenters. The summed E-state index contributed by atoms with van der Waals surface area (Å²) in [5.41, 5.74) is 3.31. The summed E-state index contributed by atoms with van der Waals surface area (Å²) >= 11 is 5.39. The van der Waals surface area contributed by atoms with Gasteiger partial charge in [0, 0.05) is 11.4 Å². The van der Waals surface area contributed by atoms with Crippen LogP contribution in [-0.4, -0.2) is 11.7 Å². The number of unbranched alkanes of at least 4 members (excludes halogenated alkanes) is 2. The summed E-state index contributed by atoms with van der Waals surface area (Å²) in [6.45, 7) is 5.13. The van der Waals surface area contributed by atoms with Crippen LogP contribution in [0.1, 0.15) is 45.1 Å². The molecule has 0 radical (unpaired) electrons. The number of benzene rings is 2. The molecule has 134 valence electrons. The van der Waals surface area contributed by atoms with Gasteiger partial charge in [-0.15, -0.1) is 0 Å². The number of rotatable bonds is 9. The van der Waals surface area contributed by atoms with Crippen LogP contribution in [-0.2, 0) is 6.42 Å². The molecule has 0 aromatic heterocycles. The van der Waals surface area contributed by atoms with Crippen LogP contribution >= 0.6 is 12.2 Å². The Labute approximate surface area is 156 Å². The maximum absolute atomic E-state index is 5.66. The Morgan fingerprint density at radius 2 is 1.40 bits per heavy atom. The van der Waals surface area contributed by atoms with Crippen molar-refractivity contribution in [2.24, 2.45) is 0 Å². The number of hydrogen-bond acceptors (Lipinski definition) is 2. The Kier molecular flexibility index (Phi) is 8.26. The SMILES string of the molecule is CCCCOc1ccc(NC(=S)Nc2ccc(CCCC)cc2)cc1. The summed E-state index contributed by atoms with van der Waals surface area (Å²) in [6, 6.07) is 16.3. The highest BCUT2D eigenvalue weighted by molar-refractivity contribution is 7.80. The third-order valence-electron chi connectivity index (χ3n) is 3.91. The minimum atomic E-state index is 0.584. The molecule has 0 aliphatic rings. The van der Waals surface area contributed by atoms with E-state index in [0.29, 0.717) is 5.11 Å². The Morgan fingerprint density at radius 3 is 1.96 bits per heavy atom. The molecule has 3 nitrogen and oxygen atoms in total. The molecule has 0 aliphatic carbocycles. The molecule has 2 aromatic rings. The third-order valence-corrected chi connectivity index (χ3v) is 4.11. The van der Waals surface area contributed by atoms with Gasteiger partial charge in [-0.05, 0) is 73.4 Å². The first-order chi connectivity index (χ1) is 12.2. The molecule has 0 heterocycles. The van der Waals surface area contributed by atoms with Crippen molar-refractivity contribution >= 4 is 28.7 Å². The second kappa shape index (κ2) is 10.7. The quantitative estimate of drug-likeness (QED) is 0.425. The van der Waals surface area contributed by atoms with Crippen molar-refractivity contribution in [3.8, 4) is 5.75 Å². The molecule has 0 saturated heterocycles. The summed E-state index contributed by atoms with van der Waals surface area (Å²) in [5, 5.41) is 7.00. The lowest BCUT2D eigenvalue weighted by atomic mass is 10.1. The second-order valence-electron chi connectivity index (χ2n) is 6.11. The fourth-order valence-electron chi connectivity index (χ4n) is 2.40. The molecule has 0 amide bonds. The molecular weight excluding hydrogens is 328 g/mol. The maximum atomic E-state index is 5.66. The molecule has 0 bridgehead atoms. The number of aryl methyl sites for hydroxylation is 1. The van der Waals surface area contributed by atoms with Gasteiger partial charge in [0.05, 0.1) is 6.61 Å². The predicted molar refractivity (Wildman–Crippen MR) is 112 cm³/mol. The monoisotopic (exact) mass is 356 g/mol. The van der Waals surface area contributed by atoms with Crippen molar-refractivity contribution in [1.29, 1.82) is 0 Å². The van der Waals surface area contributed by atoms with E-state index in [1.54, 1.807) is 0 Å². The molecule has 0 spiro atoms. The van der Waals surface area contributed by atoms with Gasteiger partial charge in [-0.3, -0.25) is 0 Å². The Hall–Kier alpha value is -2.07. The molecule has 0 saturated carbocycles. The third kappa shape index (κ3) is 7.14. The number of thiocarbonyl (C=S) groups is 1. The van der Waals surface area contributed by atoms with Crippen LogP contribution in [0.5, 0.6) is 5.75 Å². The normalized spacial score (nSPS) is 10.3. The first-order valence-electron chi connectivity index (χ1n) is 9.11. The molecule has 0 aliphatic heterocycles. The molecule has 0 fully saturated rings. The second-order valence-corrected chi connectivity index (χ2v) is 6.51. The number of nitrogens with one attached hydrogen (secondary N) is 2. The first-order valence-corrected chi connectivity index (χ1v) is 9.52. The van der Waals surface area contributed by atoms with E-state index in [0.717, 1.165) is 43.0 Å². The van der Waals surface area contributed by atoms with Crippen LogP contribution in [0.25, 0.3) is 0 Å².